The van der Waals surface area contributed by atoms with Gasteiger partial charge in [0, 0.05) is 18.5 Å². The molecule has 0 fully saturated rings. The normalized spacial score (nSPS) is 14.5. The summed E-state index contributed by atoms with van der Waals surface area (Å²) in [6.07, 6.45) is 0.986. The van der Waals surface area contributed by atoms with Crippen molar-refractivity contribution in [2.24, 2.45) is 11.8 Å². The largest absolute Gasteiger partial charge is 0.373 e. The van der Waals surface area contributed by atoms with E-state index in [1.807, 2.05) is 0 Å². The minimum Gasteiger partial charge on any atom is -0.373 e. The van der Waals surface area contributed by atoms with E-state index in [2.05, 4.69) is 46.9 Å². The van der Waals surface area contributed by atoms with Gasteiger partial charge in [0.25, 0.3) is 0 Å². The number of methoxy groups -OCH3 is 1. The second-order valence-electron chi connectivity index (χ2n) is 6.25. The van der Waals surface area contributed by atoms with Crippen molar-refractivity contribution >= 4 is 0 Å². The Morgan fingerprint density at radius 3 is 2.10 bits per heavy atom. The van der Waals surface area contributed by atoms with Gasteiger partial charge in [0.15, 0.2) is 5.82 Å². The van der Waals surface area contributed by atoms with Gasteiger partial charge < -0.3 is 10.1 Å². The Balaban J connectivity index is 2.94. The summed E-state index contributed by atoms with van der Waals surface area (Å²) in [5.74, 6) is 1.76. The van der Waals surface area contributed by atoms with Crippen molar-refractivity contribution in [3.05, 3.63) is 22.8 Å². The predicted octanol–water partition coefficient (Wildman–Crippen LogP) is 3.23. The van der Waals surface area contributed by atoms with Crippen molar-refractivity contribution in [3.63, 3.8) is 0 Å². The van der Waals surface area contributed by atoms with Crippen LogP contribution >= 0.6 is 0 Å². The van der Waals surface area contributed by atoms with Crippen molar-refractivity contribution in [3.8, 4) is 0 Å². The molecule has 0 bridgehead atoms. The lowest BCUT2D eigenvalue weighted by atomic mass is 9.98. The molecule has 0 aliphatic rings. The van der Waals surface area contributed by atoms with E-state index in [4.69, 9.17) is 14.7 Å². The molecule has 0 aliphatic heterocycles. The summed E-state index contributed by atoms with van der Waals surface area (Å²) in [6.45, 7) is 14.9. The summed E-state index contributed by atoms with van der Waals surface area (Å²) in [6, 6.07) is 0. The maximum Gasteiger partial charge on any atom is 0.157 e. The summed E-state index contributed by atoms with van der Waals surface area (Å²) in [5, 5.41) is 3.40. The van der Waals surface area contributed by atoms with Crippen LogP contribution in [0.1, 0.15) is 56.6 Å². The van der Waals surface area contributed by atoms with Crippen LogP contribution in [0.3, 0.4) is 0 Å². The van der Waals surface area contributed by atoms with Gasteiger partial charge in [-0.15, -0.1) is 0 Å². The van der Waals surface area contributed by atoms with Gasteiger partial charge in [0.05, 0.1) is 0 Å². The van der Waals surface area contributed by atoms with Crippen LogP contribution in [0.4, 0.5) is 0 Å². The zero-order valence-corrected chi connectivity index (χ0v) is 14.7. The summed E-state index contributed by atoms with van der Waals surface area (Å²) in [5.41, 5.74) is 3.45. The first-order valence-electron chi connectivity index (χ1n) is 7.98. The van der Waals surface area contributed by atoms with Crippen LogP contribution in [0.5, 0.6) is 0 Å². The SMILES string of the molecule is CCNCC(C)Cc1c(C)nc(C(OC)C(C)C)nc1C. The minimum atomic E-state index is -0.0318. The number of ether oxygens (including phenoxy) is 1. The highest BCUT2D eigenvalue weighted by Gasteiger charge is 2.20. The molecule has 0 spiro atoms. The first kappa shape index (κ1) is 18.1. The van der Waals surface area contributed by atoms with Gasteiger partial charge >= 0.3 is 0 Å². The fourth-order valence-electron chi connectivity index (χ4n) is 2.68. The lowest BCUT2D eigenvalue weighted by molar-refractivity contribution is 0.0571. The molecule has 1 rings (SSSR count). The molecule has 0 saturated carbocycles. The van der Waals surface area contributed by atoms with Crippen molar-refractivity contribution in [1.82, 2.24) is 15.3 Å². The summed E-state index contributed by atoms with van der Waals surface area (Å²) in [7, 11) is 1.73. The topological polar surface area (TPSA) is 47.0 Å². The third-order valence-electron chi connectivity index (χ3n) is 3.85. The molecule has 120 valence electrons. The maximum atomic E-state index is 5.55. The van der Waals surface area contributed by atoms with E-state index in [1.165, 1.54) is 5.56 Å². The molecule has 0 aromatic carbocycles. The summed E-state index contributed by atoms with van der Waals surface area (Å²) >= 11 is 0. The molecule has 2 unspecified atom stereocenters. The first-order chi connectivity index (χ1) is 9.90. The number of hydrogen-bond acceptors (Lipinski definition) is 4. The summed E-state index contributed by atoms with van der Waals surface area (Å²) < 4.78 is 5.55. The van der Waals surface area contributed by atoms with Gasteiger partial charge in [0.2, 0.25) is 0 Å². The van der Waals surface area contributed by atoms with E-state index in [-0.39, 0.29) is 6.10 Å². The monoisotopic (exact) mass is 293 g/mol. The van der Waals surface area contributed by atoms with Gasteiger partial charge in [0.1, 0.15) is 6.10 Å². The smallest absolute Gasteiger partial charge is 0.157 e. The van der Waals surface area contributed by atoms with Gasteiger partial charge in [-0.25, -0.2) is 9.97 Å². The van der Waals surface area contributed by atoms with Crippen molar-refractivity contribution in [2.45, 2.75) is 54.1 Å². The number of aromatic nitrogens is 2. The van der Waals surface area contributed by atoms with Crippen LogP contribution in [0.15, 0.2) is 0 Å². The van der Waals surface area contributed by atoms with Gasteiger partial charge in [-0.05, 0) is 50.8 Å². The van der Waals surface area contributed by atoms with Crippen LogP contribution in [-0.4, -0.2) is 30.2 Å². The zero-order chi connectivity index (χ0) is 16.0. The van der Waals surface area contributed by atoms with Crippen LogP contribution in [0, 0.1) is 25.7 Å². The molecule has 4 nitrogen and oxygen atoms in total. The average molecular weight is 293 g/mol. The Morgan fingerprint density at radius 2 is 1.67 bits per heavy atom. The molecule has 21 heavy (non-hydrogen) atoms. The molecule has 2 atom stereocenters. The number of nitrogens with zero attached hydrogens (tertiary/aromatic N) is 2. The standard InChI is InChI=1S/C17H31N3O/c1-8-18-10-12(4)9-15-13(5)19-17(20-14(15)6)16(21-7)11(2)3/h11-12,16,18H,8-10H2,1-7H3. The molecule has 4 heteroatoms. The Morgan fingerprint density at radius 1 is 1.10 bits per heavy atom. The molecule has 0 aliphatic carbocycles. The second kappa shape index (κ2) is 8.44. The predicted molar refractivity (Wildman–Crippen MR) is 87.5 cm³/mol. The quantitative estimate of drug-likeness (QED) is 0.799. The average Bonchev–Trinajstić information content (AvgIpc) is 2.41. The van der Waals surface area contributed by atoms with Crippen LogP contribution in [0.25, 0.3) is 0 Å². The molecular formula is C17H31N3O. The molecule has 1 heterocycles. The Hall–Kier alpha value is -1.00. The molecule has 1 aromatic heterocycles. The Bertz CT molecular complexity index is 423. The van der Waals surface area contributed by atoms with E-state index in [0.29, 0.717) is 11.8 Å². The lowest BCUT2D eigenvalue weighted by Gasteiger charge is -2.21. The molecule has 0 radical (unpaired) electrons. The van der Waals surface area contributed by atoms with Gasteiger partial charge in [-0.1, -0.05) is 27.7 Å². The second-order valence-corrected chi connectivity index (χ2v) is 6.25. The van der Waals surface area contributed by atoms with E-state index >= 15 is 0 Å². The van der Waals surface area contributed by atoms with E-state index in [9.17, 15) is 0 Å². The molecular weight excluding hydrogens is 262 g/mol. The highest BCUT2D eigenvalue weighted by Crippen LogP contribution is 2.24. The first-order valence-corrected chi connectivity index (χ1v) is 7.98. The van der Waals surface area contributed by atoms with E-state index in [0.717, 1.165) is 36.7 Å². The van der Waals surface area contributed by atoms with Crippen LogP contribution < -0.4 is 5.32 Å². The fraction of sp³-hybridized carbons (Fsp3) is 0.765. The number of nitrogens with one attached hydrogen (secondary N) is 1. The zero-order valence-electron chi connectivity index (χ0n) is 14.7. The van der Waals surface area contributed by atoms with Crippen LogP contribution in [-0.2, 0) is 11.2 Å². The molecule has 0 saturated heterocycles. The minimum absolute atomic E-state index is 0.0318. The Labute approximate surface area is 129 Å². The van der Waals surface area contributed by atoms with Crippen molar-refractivity contribution in [1.29, 1.82) is 0 Å². The number of aryl methyl sites for hydroxylation is 2. The van der Waals surface area contributed by atoms with Crippen LogP contribution in [0.2, 0.25) is 0 Å². The third-order valence-corrected chi connectivity index (χ3v) is 3.85. The van der Waals surface area contributed by atoms with Crippen molar-refractivity contribution in [2.75, 3.05) is 20.2 Å². The highest BCUT2D eigenvalue weighted by atomic mass is 16.5. The molecule has 0 amide bonds. The van der Waals surface area contributed by atoms with Crippen molar-refractivity contribution < 1.29 is 4.74 Å². The lowest BCUT2D eigenvalue weighted by Crippen LogP contribution is -2.23. The fourth-order valence-corrected chi connectivity index (χ4v) is 2.68. The van der Waals surface area contributed by atoms with E-state index in [1.54, 1.807) is 7.11 Å². The molecule has 1 N–H and O–H groups in total. The number of hydrogen-bond donors (Lipinski definition) is 1. The molecule has 1 aromatic rings. The van der Waals surface area contributed by atoms with Gasteiger partial charge in [-0.3, -0.25) is 0 Å². The highest BCUT2D eigenvalue weighted by molar-refractivity contribution is 5.25. The Kier molecular flexibility index (Phi) is 7.26. The van der Waals surface area contributed by atoms with E-state index < -0.39 is 0 Å². The third kappa shape index (κ3) is 5.04. The summed E-state index contributed by atoms with van der Waals surface area (Å²) in [4.78, 5) is 9.41. The maximum absolute atomic E-state index is 5.55. The van der Waals surface area contributed by atoms with Gasteiger partial charge in [-0.2, -0.15) is 0 Å². The number of rotatable bonds is 8.